The number of ether oxygens (including phenoxy) is 4. The van der Waals surface area contributed by atoms with Crippen molar-refractivity contribution >= 4 is 54.9 Å². The van der Waals surface area contributed by atoms with E-state index in [9.17, 15) is 76.6 Å². The van der Waals surface area contributed by atoms with Crippen molar-refractivity contribution in [3.05, 3.63) is 117 Å². The van der Waals surface area contributed by atoms with Gasteiger partial charge in [-0.2, -0.15) is 21.0 Å². The van der Waals surface area contributed by atoms with E-state index in [0.717, 1.165) is 0 Å². The first-order valence-electron chi connectivity index (χ1n) is 31.4. The Morgan fingerprint density at radius 1 is 0.360 bits per heavy atom. The minimum absolute atomic E-state index is 0.156. The highest BCUT2D eigenvalue weighted by atomic mass is 31.2. The Bertz CT molecular complexity index is 3720. The molecular formula is C64H68N8O24P4-8. The van der Waals surface area contributed by atoms with Crippen LogP contribution in [0.3, 0.4) is 0 Å². The van der Waals surface area contributed by atoms with Crippen molar-refractivity contribution < 1.29 is 114 Å². The summed E-state index contributed by atoms with van der Waals surface area (Å²) in [5, 5.41) is 36.6. The summed E-state index contributed by atoms with van der Waals surface area (Å²) >= 11 is 0. The molecule has 0 aromatic heterocycles. The third-order valence-electron chi connectivity index (χ3n) is 18.0. The van der Waals surface area contributed by atoms with Gasteiger partial charge in [0.15, 0.2) is 0 Å². The second-order valence-electron chi connectivity index (χ2n) is 26.7. The third-order valence-corrected chi connectivity index (χ3v) is 19.9. The fourth-order valence-corrected chi connectivity index (χ4v) is 16.4. The molecular weight excluding hydrogens is 1390 g/mol. The van der Waals surface area contributed by atoms with Crippen molar-refractivity contribution in [2.45, 2.75) is 178 Å². The highest BCUT2D eigenvalue weighted by molar-refractivity contribution is 7.44. The van der Waals surface area contributed by atoms with Gasteiger partial charge in [0.25, 0.3) is 0 Å². The van der Waals surface area contributed by atoms with Gasteiger partial charge in [-0.25, -0.2) is 0 Å². The average molecular weight is 1460 g/mol. The van der Waals surface area contributed by atoms with Crippen LogP contribution in [-0.4, -0.2) is 116 Å². The van der Waals surface area contributed by atoms with Crippen molar-refractivity contribution in [1.29, 1.82) is 21.0 Å². The largest absolute Gasteiger partial charge is 0.790 e. The molecule has 8 heterocycles. The first-order valence-corrected chi connectivity index (χ1v) is 37.3. The summed E-state index contributed by atoms with van der Waals surface area (Å²) in [5.74, 6) is 1.10. The number of likely N-dealkylation sites (tertiary alicyclic amines) is 4. The molecule has 12 rings (SSSR count). The monoisotopic (exact) mass is 1460 g/mol. The molecule has 32 nitrogen and oxygen atoms in total. The van der Waals surface area contributed by atoms with E-state index in [2.05, 4.69) is 0 Å². The van der Waals surface area contributed by atoms with E-state index in [1.54, 1.807) is 104 Å². The van der Waals surface area contributed by atoms with Crippen LogP contribution in [0.4, 0.5) is 0 Å². The molecule has 8 aliphatic rings. The first kappa shape index (κ1) is 76.5. The zero-order valence-electron chi connectivity index (χ0n) is 55.2. The normalized spacial score (nSPS) is 25.2. The van der Waals surface area contributed by atoms with Gasteiger partial charge in [-0.3, -0.25) is 19.2 Å². The summed E-state index contributed by atoms with van der Waals surface area (Å²) in [7, 11) is -21.3. The number of carbonyl (C=O) groups excluding carboxylic acids is 4. The molecule has 4 fully saturated rings. The topological polar surface area (TPSA) is 503 Å². The van der Waals surface area contributed by atoms with Crippen LogP contribution in [0.25, 0.3) is 0 Å². The lowest BCUT2D eigenvalue weighted by atomic mass is 9.85. The van der Waals surface area contributed by atoms with Crippen LogP contribution < -0.4 is 58.1 Å². The van der Waals surface area contributed by atoms with Crippen LogP contribution in [0.2, 0.25) is 0 Å². The summed E-state index contributed by atoms with van der Waals surface area (Å²) in [6.07, 6.45) is -0.983. The number of hydrogen-bond acceptors (Lipinski definition) is 28. The van der Waals surface area contributed by atoms with Gasteiger partial charge in [0.05, 0.1) is 102 Å². The van der Waals surface area contributed by atoms with Crippen LogP contribution >= 0.6 is 31.3 Å². The number of fused-ring (bicyclic) bond motifs is 4. The second kappa shape index (κ2) is 29.0. The molecule has 0 bridgehead atoms. The van der Waals surface area contributed by atoms with Crippen LogP contribution in [0.15, 0.2) is 72.8 Å². The smallest absolute Gasteiger partial charge is 0.223 e. The fraction of sp³-hybridized carbons (Fsp3) is 0.500. The number of nitrogens with zero attached hydrogens (tertiary/aromatic N) is 8. The van der Waals surface area contributed by atoms with Gasteiger partial charge in [0.2, 0.25) is 23.6 Å². The molecule has 36 heteroatoms. The minimum Gasteiger partial charge on any atom is -0.790 e. The van der Waals surface area contributed by atoms with Gasteiger partial charge in [0, 0.05) is 74.1 Å². The summed E-state index contributed by atoms with van der Waals surface area (Å²) in [5.41, 5.74) is -1.46. The lowest BCUT2D eigenvalue weighted by molar-refractivity contribution is -0.351. The number of nitriles is 4. The molecule has 0 N–H and O–H groups in total. The van der Waals surface area contributed by atoms with Gasteiger partial charge >= 0.3 is 0 Å². The Hall–Kier alpha value is -7.64. The lowest BCUT2D eigenvalue weighted by Gasteiger charge is -2.50. The molecule has 4 aromatic rings. The Morgan fingerprint density at radius 2 is 0.540 bits per heavy atom. The van der Waals surface area contributed by atoms with Gasteiger partial charge in [-0.15, -0.1) is 0 Å². The Balaban J connectivity index is 0.000000156. The van der Waals surface area contributed by atoms with Crippen molar-refractivity contribution in [3.8, 4) is 47.3 Å². The maximum absolute atomic E-state index is 12.3. The van der Waals surface area contributed by atoms with Gasteiger partial charge in [0.1, 0.15) is 69.8 Å². The number of rotatable bonds is 12. The van der Waals surface area contributed by atoms with E-state index in [0.29, 0.717) is 145 Å². The molecule has 4 saturated heterocycles. The van der Waals surface area contributed by atoms with Crippen LogP contribution in [-0.2, 0) is 55.5 Å². The van der Waals surface area contributed by atoms with Crippen LogP contribution in [0.5, 0.6) is 23.0 Å². The molecule has 0 aliphatic carbocycles. The predicted octanol–water partition coefficient (Wildman–Crippen LogP) is 2.43. The number of benzene rings is 4. The highest BCUT2D eigenvalue weighted by Gasteiger charge is 2.54. The molecule has 0 saturated carbocycles. The van der Waals surface area contributed by atoms with E-state index in [-0.39, 0.29) is 23.6 Å². The Labute approximate surface area is 575 Å². The number of carbonyl (C=O) groups is 4. The Kier molecular flexibility index (Phi) is 22.2. The summed E-state index contributed by atoms with van der Waals surface area (Å²) in [6.45, 7) is 14.5. The fourth-order valence-electron chi connectivity index (χ4n) is 13.8. The first-order chi connectivity index (χ1) is 46.5. The SMILES string of the molecule is CC1(C)Oc2ccc(C#N)cc2[C@@H](N2CCCC2=O)[C@@H]1OP(=O)([O-])[O-].CC1(C)Oc2ccc(C#N)cc2[C@@H](N2CCCC2=O)[C@H]1OP(=O)([O-])[O-].CC1(C)Oc2ccc(C#N)cc2[C@H](N2CCCC2=O)[C@@H]1OP(=O)([O-])[O-].CC1(C)Oc2ccc(C#N)cc2[C@H](N2CCCC2=O)[C@H]1OP(=O)([O-])[O-]. The number of phosphoric ester groups is 4. The van der Waals surface area contributed by atoms with Crippen LogP contribution in [0.1, 0.15) is 175 Å². The van der Waals surface area contributed by atoms with Crippen LogP contribution in [0, 0.1) is 45.3 Å². The number of amides is 4. The molecule has 536 valence electrons. The van der Waals surface area contributed by atoms with E-state index < -0.39 is 102 Å². The zero-order valence-corrected chi connectivity index (χ0v) is 58.8. The second-order valence-corrected chi connectivity index (χ2v) is 31.1. The molecule has 100 heavy (non-hydrogen) atoms. The molecule has 8 atom stereocenters. The molecule has 0 radical (unpaired) electrons. The van der Waals surface area contributed by atoms with E-state index in [1.807, 2.05) is 24.3 Å². The summed E-state index contributed by atoms with van der Waals surface area (Å²) in [4.78, 5) is 146. The minimum atomic E-state index is -5.33. The predicted molar refractivity (Wildman–Crippen MR) is 328 cm³/mol. The lowest BCUT2D eigenvalue weighted by Crippen LogP contribution is -2.55. The molecule has 4 amide bonds. The van der Waals surface area contributed by atoms with Gasteiger partial charge in [-0.05, 0) is 154 Å². The van der Waals surface area contributed by atoms with Crippen molar-refractivity contribution in [3.63, 3.8) is 0 Å². The maximum atomic E-state index is 12.3. The average Bonchev–Trinajstić information content (AvgIpc) is 1.15. The third kappa shape index (κ3) is 17.3. The van der Waals surface area contributed by atoms with E-state index in [4.69, 9.17) is 58.1 Å². The maximum Gasteiger partial charge on any atom is 0.223 e. The van der Waals surface area contributed by atoms with Crippen molar-refractivity contribution in [2.75, 3.05) is 26.2 Å². The highest BCUT2D eigenvalue weighted by Crippen LogP contribution is 2.54. The molecule has 0 spiro atoms. The van der Waals surface area contributed by atoms with E-state index >= 15 is 0 Å². The zero-order chi connectivity index (χ0) is 73.6. The molecule has 4 aromatic carbocycles. The van der Waals surface area contributed by atoms with Crippen molar-refractivity contribution in [1.82, 2.24) is 19.6 Å². The van der Waals surface area contributed by atoms with Crippen molar-refractivity contribution in [2.24, 2.45) is 0 Å². The quantitative estimate of drug-likeness (QED) is 0.184. The van der Waals surface area contributed by atoms with Gasteiger partial charge < -0.3 is 114 Å². The van der Waals surface area contributed by atoms with Gasteiger partial charge in [-0.1, -0.05) is 0 Å². The summed E-state index contributed by atoms with van der Waals surface area (Å²) < 4.78 is 87.9. The standard InChI is InChI=1S/4C16H19N2O6P/c4*1-16(2)15(24-25(20,21)22)14(18-7-3-4-13(18)19)11-8-10(9-17)5-6-12(11)23-16/h4*5-6,8,14-15H,3-4,7H2,1-2H3,(H2,20,21,22)/p-8/t2*14-,15+;2*14-,15-/m1010/s1. The summed E-state index contributed by atoms with van der Waals surface area (Å²) in [6, 6.07) is 23.6. The van der Waals surface area contributed by atoms with E-state index in [1.165, 1.54) is 43.9 Å². The number of phosphoric acid groups is 4. The molecule has 0 unspecified atom stereocenters. The molecule has 8 aliphatic heterocycles. The number of hydrogen-bond donors (Lipinski definition) is 0. The Morgan fingerprint density at radius 3 is 0.680 bits per heavy atom.